The van der Waals surface area contributed by atoms with Gasteiger partial charge in [-0.2, -0.15) is 0 Å². The number of pyridine rings is 1. The highest BCUT2D eigenvalue weighted by Gasteiger charge is 2.06. The van der Waals surface area contributed by atoms with E-state index in [1.54, 1.807) is 12.1 Å². The van der Waals surface area contributed by atoms with Crippen molar-refractivity contribution in [3.8, 4) is 0 Å². The van der Waals surface area contributed by atoms with Crippen LogP contribution in [0, 0.1) is 0 Å². The Hall–Kier alpha value is -2.40. The van der Waals surface area contributed by atoms with Gasteiger partial charge < -0.3 is 10.6 Å². The van der Waals surface area contributed by atoms with Crippen LogP contribution in [0.3, 0.4) is 0 Å². The molecule has 6 heteroatoms. The van der Waals surface area contributed by atoms with E-state index in [4.69, 9.17) is 11.6 Å². The minimum atomic E-state index is -0.227. The van der Waals surface area contributed by atoms with Gasteiger partial charge in [-0.25, -0.2) is 4.98 Å². The maximum Gasteiger partial charge on any atom is 0.253 e. The molecule has 0 radical (unpaired) electrons. The third-order valence-electron chi connectivity index (χ3n) is 3.13. The smallest absolute Gasteiger partial charge is 0.253 e. The molecule has 0 aliphatic heterocycles. The summed E-state index contributed by atoms with van der Waals surface area (Å²) in [5.74, 6) is -0.240. The number of carbonyl (C=O) groups is 2. The third-order valence-corrected chi connectivity index (χ3v) is 3.35. The van der Waals surface area contributed by atoms with Crippen molar-refractivity contribution in [3.63, 3.8) is 0 Å². The maximum absolute atomic E-state index is 12.0. The lowest BCUT2D eigenvalue weighted by atomic mass is 10.2. The predicted octanol–water partition coefficient (Wildman–Crippen LogP) is 3.40. The molecule has 2 N–H and O–H groups in total. The second-order valence-electron chi connectivity index (χ2n) is 5.05. The third kappa shape index (κ3) is 5.38. The van der Waals surface area contributed by atoms with E-state index >= 15 is 0 Å². The van der Waals surface area contributed by atoms with E-state index in [1.807, 2.05) is 31.2 Å². The van der Waals surface area contributed by atoms with Crippen LogP contribution in [0.25, 0.3) is 0 Å². The molecule has 0 spiro atoms. The minimum absolute atomic E-state index is 0.0130. The molecule has 0 saturated carbocycles. The van der Waals surface area contributed by atoms with Crippen molar-refractivity contribution in [2.24, 2.45) is 0 Å². The molecule has 0 unspecified atom stereocenters. The molecule has 0 fully saturated rings. The zero-order valence-corrected chi connectivity index (χ0v) is 13.6. The minimum Gasteiger partial charge on any atom is -0.348 e. The Kier molecular flexibility index (Phi) is 6.11. The molecule has 2 rings (SSSR count). The molecule has 0 atom stereocenters. The van der Waals surface area contributed by atoms with Gasteiger partial charge in [0, 0.05) is 24.8 Å². The van der Waals surface area contributed by atoms with Crippen LogP contribution in [0.1, 0.15) is 35.7 Å². The summed E-state index contributed by atoms with van der Waals surface area (Å²) in [4.78, 5) is 27.5. The van der Waals surface area contributed by atoms with E-state index in [-0.39, 0.29) is 11.8 Å². The maximum atomic E-state index is 12.0. The van der Waals surface area contributed by atoms with Gasteiger partial charge in [0.2, 0.25) is 5.91 Å². The first-order chi connectivity index (χ1) is 11.1. The lowest BCUT2D eigenvalue weighted by Crippen LogP contribution is -2.23. The van der Waals surface area contributed by atoms with Crippen molar-refractivity contribution >= 4 is 29.1 Å². The number of halogens is 1. The number of carbonyl (C=O) groups excluding carboxylic acids is 2. The van der Waals surface area contributed by atoms with Gasteiger partial charge in [0.15, 0.2) is 0 Å². The number of benzene rings is 1. The Morgan fingerprint density at radius 1 is 1.22 bits per heavy atom. The molecule has 2 amide bonds. The summed E-state index contributed by atoms with van der Waals surface area (Å²) in [7, 11) is 0. The second kappa shape index (κ2) is 8.29. The summed E-state index contributed by atoms with van der Waals surface area (Å²) in [6.07, 6.45) is 2.72. The number of hydrogen-bond donors (Lipinski definition) is 2. The number of hydrogen-bond acceptors (Lipinski definition) is 3. The SMILES string of the molecule is CCCC(=O)Nc1cccc(CNC(=O)c2ccc(Cl)nc2)c1. The van der Waals surface area contributed by atoms with Crippen LogP contribution >= 0.6 is 11.6 Å². The average Bonchev–Trinajstić information content (AvgIpc) is 2.54. The highest BCUT2D eigenvalue weighted by atomic mass is 35.5. The summed E-state index contributed by atoms with van der Waals surface area (Å²) < 4.78 is 0. The molecule has 23 heavy (non-hydrogen) atoms. The van der Waals surface area contributed by atoms with E-state index in [2.05, 4.69) is 15.6 Å². The molecular weight excluding hydrogens is 314 g/mol. The summed E-state index contributed by atoms with van der Waals surface area (Å²) in [6, 6.07) is 10.6. The Morgan fingerprint density at radius 2 is 2.04 bits per heavy atom. The molecule has 120 valence electrons. The van der Waals surface area contributed by atoms with Crippen molar-refractivity contribution in [3.05, 3.63) is 58.9 Å². The van der Waals surface area contributed by atoms with Crippen LogP contribution < -0.4 is 10.6 Å². The highest BCUT2D eigenvalue weighted by molar-refractivity contribution is 6.29. The standard InChI is InChI=1S/C17H18ClN3O2/c1-2-4-16(22)21-14-6-3-5-12(9-14)10-20-17(23)13-7-8-15(18)19-11-13/h3,5-9,11H,2,4,10H2,1H3,(H,20,23)(H,21,22). The lowest BCUT2D eigenvalue weighted by Gasteiger charge is -2.08. The van der Waals surface area contributed by atoms with E-state index < -0.39 is 0 Å². The van der Waals surface area contributed by atoms with Crippen molar-refractivity contribution in [1.82, 2.24) is 10.3 Å². The van der Waals surface area contributed by atoms with E-state index in [0.717, 1.165) is 17.7 Å². The molecule has 0 aliphatic rings. The highest BCUT2D eigenvalue weighted by Crippen LogP contribution is 2.12. The molecule has 1 heterocycles. The molecule has 2 aromatic rings. The van der Waals surface area contributed by atoms with Gasteiger partial charge in [-0.3, -0.25) is 9.59 Å². The van der Waals surface area contributed by atoms with Gasteiger partial charge in [-0.1, -0.05) is 30.7 Å². The quantitative estimate of drug-likeness (QED) is 0.797. The first-order valence-electron chi connectivity index (χ1n) is 7.37. The van der Waals surface area contributed by atoms with Crippen LogP contribution in [0.15, 0.2) is 42.6 Å². The van der Waals surface area contributed by atoms with Gasteiger partial charge in [-0.05, 0) is 36.2 Å². The van der Waals surface area contributed by atoms with Crippen molar-refractivity contribution in [2.75, 3.05) is 5.32 Å². The second-order valence-corrected chi connectivity index (χ2v) is 5.44. The number of rotatable bonds is 6. The fourth-order valence-electron chi connectivity index (χ4n) is 2.00. The van der Waals surface area contributed by atoms with Crippen LogP contribution in [0.2, 0.25) is 5.15 Å². The number of nitrogens with zero attached hydrogens (tertiary/aromatic N) is 1. The Balaban J connectivity index is 1.94. The summed E-state index contributed by atoms with van der Waals surface area (Å²) >= 11 is 5.69. The molecule has 1 aromatic carbocycles. The summed E-state index contributed by atoms with van der Waals surface area (Å²) in [6.45, 7) is 2.32. The molecule has 0 aliphatic carbocycles. The molecule has 1 aromatic heterocycles. The normalized spacial score (nSPS) is 10.2. The fourth-order valence-corrected chi connectivity index (χ4v) is 2.12. The van der Waals surface area contributed by atoms with Crippen LogP contribution in [-0.4, -0.2) is 16.8 Å². The van der Waals surface area contributed by atoms with Crippen molar-refractivity contribution in [1.29, 1.82) is 0 Å². The van der Waals surface area contributed by atoms with Gasteiger partial charge in [-0.15, -0.1) is 0 Å². The lowest BCUT2D eigenvalue weighted by molar-refractivity contribution is -0.116. The Morgan fingerprint density at radius 3 is 2.74 bits per heavy atom. The first-order valence-corrected chi connectivity index (χ1v) is 7.75. The van der Waals surface area contributed by atoms with E-state index in [9.17, 15) is 9.59 Å². The van der Waals surface area contributed by atoms with Crippen LogP contribution in [0.4, 0.5) is 5.69 Å². The number of nitrogens with one attached hydrogen (secondary N) is 2. The van der Waals surface area contributed by atoms with Crippen LogP contribution in [0.5, 0.6) is 0 Å². The molecule has 5 nitrogen and oxygen atoms in total. The van der Waals surface area contributed by atoms with E-state index in [1.165, 1.54) is 6.20 Å². The number of amides is 2. The Bertz CT molecular complexity index is 686. The zero-order valence-electron chi connectivity index (χ0n) is 12.8. The largest absolute Gasteiger partial charge is 0.348 e. The van der Waals surface area contributed by atoms with Gasteiger partial charge in [0.25, 0.3) is 5.91 Å². The van der Waals surface area contributed by atoms with Crippen LogP contribution in [-0.2, 0) is 11.3 Å². The first kappa shape index (κ1) is 17.0. The zero-order chi connectivity index (χ0) is 16.7. The van der Waals surface area contributed by atoms with Gasteiger partial charge >= 0.3 is 0 Å². The molecular formula is C17H18ClN3O2. The van der Waals surface area contributed by atoms with Crippen molar-refractivity contribution in [2.45, 2.75) is 26.3 Å². The predicted molar refractivity (Wildman–Crippen MR) is 90.4 cm³/mol. The summed E-state index contributed by atoms with van der Waals surface area (Å²) in [5, 5.41) is 5.98. The summed E-state index contributed by atoms with van der Waals surface area (Å²) in [5.41, 5.74) is 2.07. The number of aromatic nitrogens is 1. The van der Waals surface area contributed by atoms with Gasteiger partial charge in [0.1, 0.15) is 5.15 Å². The Labute approximate surface area is 140 Å². The van der Waals surface area contributed by atoms with Crippen molar-refractivity contribution < 1.29 is 9.59 Å². The topological polar surface area (TPSA) is 71.1 Å². The van der Waals surface area contributed by atoms with Gasteiger partial charge in [0.05, 0.1) is 5.56 Å². The molecule has 0 bridgehead atoms. The number of anilines is 1. The average molecular weight is 332 g/mol. The molecule has 0 saturated heterocycles. The monoisotopic (exact) mass is 331 g/mol. The van der Waals surface area contributed by atoms with E-state index in [0.29, 0.717) is 23.7 Å². The fraction of sp³-hybridized carbons (Fsp3) is 0.235.